The van der Waals surface area contributed by atoms with Crippen LogP contribution in [-0.4, -0.2) is 17.8 Å². The summed E-state index contributed by atoms with van der Waals surface area (Å²) in [5.74, 6) is 0. The van der Waals surface area contributed by atoms with Crippen LogP contribution in [0.25, 0.3) is 0 Å². The molecule has 2 rings (SSSR count). The minimum absolute atomic E-state index is 0.392. The number of hydrogen-bond donors (Lipinski definition) is 1. The summed E-state index contributed by atoms with van der Waals surface area (Å²) < 4.78 is 13.9. The maximum atomic E-state index is 8.77. The fraction of sp³-hybridized carbons (Fsp3) is 0.333. The van der Waals surface area contributed by atoms with E-state index in [9.17, 15) is 0 Å². The molecule has 5 heteroatoms. The topological polar surface area (TPSA) is 45.6 Å². The lowest BCUT2D eigenvalue weighted by atomic mass is 10.2. The van der Waals surface area contributed by atoms with Crippen molar-refractivity contribution in [3.05, 3.63) is 71.8 Å². The van der Waals surface area contributed by atoms with Crippen molar-refractivity contribution in [3.63, 3.8) is 0 Å². The SMILES string of the molecule is CCN(CC)P(=N)(OCc1ccccc1)OCc1ccccc1. The highest BCUT2D eigenvalue weighted by atomic mass is 31.2. The molecule has 0 saturated carbocycles. The molecule has 0 aromatic heterocycles. The second-order valence-electron chi connectivity index (χ2n) is 5.18. The Morgan fingerprint density at radius 2 is 1.17 bits per heavy atom. The van der Waals surface area contributed by atoms with Crippen LogP contribution < -0.4 is 0 Å². The molecule has 2 aromatic carbocycles. The Balaban J connectivity index is 2.07. The number of nitrogens with one attached hydrogen (secondary N) is 1. The van der Waals surface area contributed by atoms with E-state index in [-0.39, 0.29) is 0 Å². The number of benzene rings is 2. The maximum Gasteiger partial charge on any atom is 0.288 e. The fourth-order valence-electron chi connectivity index (χ4n) is 2.27. The zero-order valence-electron chi connectivity index (χ0n) is 13.8. The van der Waals surface area contributed by atoms with E-state index in [0.717, 1.165) is 24.2 Å². The van der Waals surface area contributed by atoms with E-state index in [0.29, 0.717) is 13.2 Å². The highest BCUT2D eigenvalue weighted by Gasteiger charge is 2.26. The Hall–Kier alpha value is -1.45. The van der Waals surface area contributed by atoms with Crippen molar-refractivity contribution in [2.45, 2.75) is 27.1 Å². The Morgan fingerprint density at radius 1 is 0.783 bits per heavy atom. The van der Waals surface area contributed by atoms with Gasteiger partial charge in [0.1, 0.15) is 0 Å². The molecule has 0 unspecified atom stereocenters. The van der Waals surface area contributed by atoms with E-state index in [4.69, 9.17) is 14.2 Å². The number of nitrogens with zero attached hydrogens (tertiary/aromatic N) is 1. The van der Waals surface area contributed by atoms with Crippen LogP contribution >= 0.6 is 7.66 Å². The number of hydrogen-bond acceptors (Lipinski definition) is 3. The van der Waals surface area contributed by atoms with Crippen LogP contribution in [0.4, 0.5) is 0 Å². The zero-order chi connectivity index (χ0) is 16.5. The third-order valence-corrected chi connectivity index (χ3v) is 5.87. The molecule has 0 aliphatic carbocycles. The summed E-state index contributed by atoms with van der Waals surface area (Å²) in [6.45, 7) is 6.32. The van der Waals surface area contributed by atoms with Gasteiger partial charge < -0.3 is 9.05 Å². The van der Waals surface area contributed by atoms with Gasteiger partial charge >= 0.3 is 0 Å². The Bertz CT molecular complexity index is 568. The average molecular weight is 332 g/mol. The molecule has 0 bridgehead atoms. The van der Waals surface area contributed by atoms with Crippen molar-refractivity contribution < 1.29 is 9.05 Å². The lowest BCUT2D eigenvalue weighted by molar-refractivity contribution is 0.180. The van der Waals surface area contributed by atoms with E-state index in [1.54, 1.807) is 0 Å². The van der Waals surface area contributed by atoms with Crippen LogP contribution in [0.3, 0.4) is 0 Å². The van der Waals surface area contributed by atoms with Crippen LogP contribution in [0.2, 0.25) is 0 Å². The first-order valence-corrected chi connectivity index (χ1v) is 9.52. The monoisotopic (exact) mass is 332 g/mol. The summed E-state index contributed by atoms with van der Waals surface area (Å²) in [6.07, 6.45) is 0. The van der Waals surface area contributed by atoms with Crippen molar-refractivity contribution >= 4 is 7.66 Å². The lowest BCUT2D eigenvalue weighted by Crippen LogP contribution is -2.22. The minimum atomic E-state index is -2.83. The van der Waals surface area contributed by atoms with E-state index < -0.39 is 7.66 Å². The van der Waals surface area contributed by atoms with Crippen LogP contribution in [0.15, 0.2) is 60.7 Å². The van der Waals surface area contributed by atoms with E-state index in [1.165, 1.54) is 0 Å². The van der Waals surface area contributed by atoms with Gasteiger partial charge in [-0.3, -0.25) is 5.16 Å². The predicted octanol–water partition coefficient (Wildman–Crippen LogP) is 5.29. The molecule has 0 aliphatic rings. The van der Waals surface area contributed by atoms with Gasteiger partial charge in [0.05, 0.1) is 13.2 Å². The first-order valence-electron chi connectivity index (χ1n) is 7.94. The van der Waals surface area contributed by atoms with Gasteiger partial charge in [-0.05, 0) is 11.1 Å². The first kappa shape index (κ1) is 17.9. The molecule has 4 nitrogen and oxygen atoms in total. The van der Waals surface area contributed by atoms with Crippen LogP contribution in [0.1, 0.15) is 25.0 Å². The van der Waals surface area contributed by atoms with Crippen LogP contribution in [0, 0.1) is 5.16 Å². The van der Waals surface area contributed by atoms with Crippen molar-refractivity contribution in [2.24, 2.45) is 0 Å². The second kappa shape index (κ2) is 8.99. The summed E-state index contributed by atoms with van der Waals surface area (Å²) in [5, 5.41) is 8.77. The quantitative estimate of drug-likeness (QED) is 0.635. The Kier molecular flexibility index (Phi) is 7.00. The smallest absolute Gasteiger partial charge is 0.288 e. The summed E-state index contributed by atoms with van der Waals surface area (Å²) in [7, 11) is -2.83. The van der Waals surface area contributed by atoms with Crippen LogP contribution in [-0.2, 0) is 22.3 Å². The molecule has 23 heavy (non-hydrogen) atoms. The standard InChI is InChI=1S/C18H25N2O2P/c1-3-20(4-2)23(19,21-15-17-11-7-5-8-12-17)22-16-18-13-9-6-10-14-18/h5-14,19H,3-4,15-16H2,1-2H3. The van der Waals surface area contributed by atoms with Gasteiger partial charge in [0, 0.05) is 13.1 Å². The van der Waals surface area contributed by atoms with Crippen molar-refractivity contribution in [3.8, 4) is 0 Å². The van der Waals surface area contributed by atoms with Crippen molar-refractivity contribution in [1.82, 2.24) is 4.67 Å². The first-order chi connectivity index (χ1) is 11.2. The van der Waals surface area contributed by atoms with Crippen molar-refractivity contribution in [1.29, 1.82) is 5.16 Å². The van der Waals surface area contributed by atoms with E-state index in [2.05, 4.69) is 0 Å². The van der Waals surface area contributed by atoms with Crippen LogP contribution in [0.5, 0.6) is 0 Å². The van der Waals surface area contributed by atoms with Crippen molar-refractivity contribution in [2.75, 3.05) is 13.1 Å². The molecule has 0 aliphatic heterocycles. The molecule has 1 N–H and O–H groups in total. The zero-order valence-corrected chi connectivity index (χ0v) is 14.7. The average Bonchev–Trinajstić information content (AvgIpc) is 2.61. The molecule has 0 heterocycles. The third kappa shape index (κ3) is 5.29. The predicted molar refractivity (Wildman–Crippen MR) is 95.0 cm³/mol. The van der Waals surface area contributed by atoms with Gasteiger partial charge in [-0.25, -0.2) is 4.67 Å². The molecular weight excluding hydrogens is 307 g/mol. The highest BCUT2D eigenvalue weighted by molar-refractivity contribution is 7.52. The van der Waals surface area contributed by atoms with Gasteiger partial charge in [0.25, 0.3) is 7.66 Å². The molecule has 0 amide bonds. The molecule has 0 saturated heterocycles. The minimum Gasteiger partial charge on any atom is -0.307 e. The van der Waals surface area contributed by atoms with Gasteiger partial charge in [0.2, 0.25) is 0 Å². The van der Waals surface area contributed by atoms with Gasteiger partial charge in [-0.2, -0.15) is 0 Å². The summed E-state index contributed by atoms with van der Waals surface area (Å²) in [5.41, 5.74) is 2.11. The summed E-state index contributed by atoms with van der Waals surface area (Å²) in [4.78, 5) is 0. The van der Waals surface area contributed by atoms with E-state index >= 15 is 0 Å². The Labute approximate surface area is 139 Å². The summed E-state index contributed by atoms with van der Waals surface area (Å²) in [6, 6.07) is 19.9. The van der Waals surface area contributed by atoms with Gasteiger partial charge in [-0.1, -0.05) is 74.5 Å². The molecular formula is C18H25N2O2P. The molecule has 0 radical (unpaired) electrons. The van der Waals surface area contributed by atoms with Gasteiger partial charge in [-0.15, -0.1) is 0 Å². The highest BCUT2D eigenvalue weighted by Crippen LogP contribution is 2.53. The maximum absolute atomic E-state index is 8.77. The molecule has 2 aromatic rings. The molecule has 0 atom stereocenters. The second-order valence-corrected chi connectivity index (χ2v) is 7.30. The fourth-order valence-corrected chi connectivity index (χ4v) is 4.06. The molecule has 0 fully saturated rings. The van der Waals surface area contributed by atoms with E-state index in [1.807, 2.05) is 79.2 Å². The molecule has 124 valence electrons. The lowest BCUT2D eigenvalue weighted by Gasteiger charge is -2.32. The molecule has 0 spiro atoms. The normalized spacial score (nSPS) is 11.8. The largest absolute Gasteiger partial charge is 0.307 e. The summed E-state index contributed by atoms with van der Waals surface area (Å²) >= 11 is 0. The number of rotatable bonds is 9. The third-order valence-electron chi connectivity index (χ3n) is 3.60. The van der Waals surface area contributed by atoms with Gasteiger partial charge in [0.15, 0.2) is 0 Å². The Morgan fingerprint density at radius 3 is 1.52 bits per heavy atom.